The van der Waals surface area contributed by atoms with Crippen molar-refractivity contribution in [3.05, 3.63) is 74.7 Å². The molecule has 0 aliphatic carbocycles. The van der Waals surface area contributed by atoms with Crippen molar-refractivity contribution in [1.29, 1.82) is 5.26 Å². The Hall–Kier alpha value is -1.68. The third-order valence-electron chi connectivity index (χ3n) is 4.17. The molecule has 3 nitrogen and oxygen atoms in total. The number of rotatable bonds is 5. The van der Waals surface area contributed by atoms with Crippen LogP contribution in [0, 0.1) is 11.3 Å². The van der Waals surface area contributed by atoms with Gasteiger partial charge in [0.1, 0.15) is 0 Å². The summed E-state index contributed by atoms with van der Waals surface area (Å²) in [6.07, 6.45) is 2.34. The first kappa shape index (κ1) is 19.1. The number of allylic oxidation sites excluding steroid dienone is 1. The van der Waals surface area contributed by atoms with Crippen molar-refractivity contribution in [3.63, 3.8) is 0 Å². The van der Waals surface area contributed by atoms with E-state index >= 15 is 0 Å². The summed E-state index contributed by atoms with van der Waals surface area (Å²) in [4.78, 5) is 13.4. The molecule has 1 heterocycles. The summed E-state index contributed by atoms with van der Waals surface area (Å²) in [5, 5.41) is 13.3. The van der Waals surface area contributed by atoms with Crippen molar-refractivity contribution in [1.82, 2.24) is 5.32 Å². The van der Waals surface area contributed by atoms with Crippen LogP contribution in [0.2, 0.25) is 0 Å². The Balaban J connectivity index is 1.85. The first-order chi connectivity index (χ1) is 12.6. The fraction of sp³-hybridized carbons (Fsp3) is 0.200. The molecule has 0 saturated heterocycles. The van der Waals surface area contributed by atoms with Gasteiger partial charge in [0.15, 0.2) is 0 Å². The summed E-state index contributed by atoms with van der Waals surface area (Å²) in [5.41, 5.74) is 2.79. The molecule has 1 amide bonds. The highest BCUT2D eigenvalue weighted by Crippen LogP contribution is 2.37. The van der Waals surface area contributed by atoms with Gasteiger partial charge in [0.2, 0.25) is 5.91 Å². The number of nitrogens with zero attached hydrogens (tertiary/aromatic N) is 1. The first-order valence-electron chi connectivity index (χ1n) is 8.06. The van der Waals surface area contributed by atoms with Crippen molar-refractivity contribution >= 4 is 45.4 Å². The molecule has 1 aliphatic heterocycles. The maximum Gasteiger partial charge on any atom is 0.225 e. The molecule has 0 radical (unpaired) electrons. The van der Waals surface area contributed by atoms with E-state index in [1.807, 2.05) is 54.8 Å². The van der Waals surface area contributed by atoms with Crippen LogP contribution >= 0.6 is 39.5 Å². The highest BCUT2D eigenvalue weighted by atomic mass is 79.9. The highest BCUT2D eigenvalue weighted by Gasteiger charge is 2.29. The fourth-order valence-electron chi connectivity index (χ4n) is 2.79. The van der Waals surface area contributed by atoms with E-state index in [4.69, 9.17) is 0 Å². The standard InChI is InChI=1S/C20H17BrN2OS2/c1-25-16-8-4-14(5-9-16)17-10-19(24)23-20(18(17)11-22)26-12-13-2-6-15(21)7-3-13/h2-9,17H,10,12H2,1H3,(H,23,24)/t17-/m0/s1. The van der Waals surface area contributed by atoms with Gasteiger partial charge >= 0.3 is 0 Å². The number of nitrogens with one attached hydrogen (secondary N) is 1. The molecule has 0 unspecified atom stereocenters. The van der Waals surface area contributed by atoms with Crippen molar-refractivity contribution in [2.24, 2.45) is 0 Å². The zero-order valence-corrected chi connectivity index (χ0v) is 17.4. The van der Waals surface area contributed by atoms with E-state index in [-0.39, 0.29) is 11.8 Å². The van der Waals surface area contributed by atoms with Crippen molar-refractivity contribution < 1.29 is 4.79 Å². The number of hydrogen-bond acceptors (Lipinski definition) is 4. The SMILES string of the molecule is CSc1ccc([C@@H]2CC(=O)NC(SCc3ccc(Br)cc3)=C2C#N)cc1. The molecule has 26 heavy (non-hydrogen) atoms. The molecule has 132 valence electrons. The van der Waals surface area contributed by atoms with Gasteiger partial charge in [-0.15, -0.1) is 23.5 Å². The summed E-state index contributed by atoms with van der Waals surface area (Å²) < 4.78 is 1.03. The van der Waals surface area contributed by atoms with Crippen LogP contribution in [-0.4, -0.2) is 12.2 Å². The third-order valence-corrected chi connectivity index (χ3v) is 6.53. The van der Waals surface area contributed by atoms with Crippen LogP contribution in [-0.2, 0) is 10.5 Å². The number of thioether (sulfide) groups is 2. The largest absolute Gasteiger partial charge is 0.320 e. The molecular formula is C20H17BrN2OS2. The molecule has 0 fully saturated rings. The fourth-order valence-corrected chi connectivity index (χ4v) is 4.50. The minimum absolute atomic E-state index is 0.0405. The Labute approximate surface area is 170 Å². The van der Waals surface area contributed by atoms with Crippen LogP contribution < -0.4 is 5.32 Å². The topological polar surface area (TPSA) is 52.9 Å². The van der Waals surface area contributed by atoms with Crippen LogP contribution in [0.3, 0.4) is 0 Å². The van der Waals surface area contributed by atoms with Crippen LogP contribution in [0.25, 0.3) is 0 Å². The summed E-state index contributed by atoms with van der Waals surface area (Å²) in [6.45, 7) is 0. The summed E-state index contributed by atoms with van der Waals surface area (Å²) >= 11 is 6.61. The van der Waals surface area contributed by atoms with E-state index < -0.39 is 0 Å². The van der Waals surface area contributed by atoms with E-state index in [2.05, 4.69) is 27.3 Å². The number of amides is 1. The van der Waals surface area contributed by atoms with Gasteiger partial charge < -0.3 is 5.32 Å². The van der Waals surface area contributed by atoms with E-state index in [9.17, 15) is 10.1 Å². The Morgan fingerprint density at radius 2 is 1.88 bits per heavy atom. The second-order valence-corrected chi connectivity index (χ2v) is 8.63. The predicted molar refractivity (Wildman–Crippen MR) is 112 cm³/mol. The normalized spacial score (nSPS) is 17.0. The Kier molecular flexibility index (Phi) is 6.47. The lowest BCUT2D eigenvalue weighted by Crippen LogP contribution is -2.30. The molecule has 1 aliphatic rings. The van der Waals surface area contributed by atoms with Gasteiger partial charge in [-0.25, -0.2) is 0 Å². The van der Waals surface area contributed by atoms with Gasteiger partial charge in [0.05, 0.1) is 16.7 Å². The molecule has 0 aromatic heterocycles. The Morgan fingerprint density at radius 1 is 1.19 bits per heavy atom. The molecule has 1 N–H and O–H groups in total. The minimum Gasteiger partial charge on any atom is -0.320 e. The maximum absolute atomic E-state index is 12.2. The van der Waals surface area contributed by atoms with E-state index in [1.165, 1.54) is 16.7 Å². The Morgan fingerprint density at radius 3 is 2.50 bits per heavy atom. The van der Waals surface area contributed by atoms with Gasteiger partial charge in [-0.1, -0.05) is 40.2 Å². The summed E-state index contributed by atoms with van der Waals surface area (Å²) in [7, 11) is 0. The van der Waals surface area contributed by atoms with Crippen LogP contribution in [0.4, 0.5) is 0 Å². The number of halogens is 1. The molecule has 0 spiro atoms. The Bertz CT molecular complexity index is 870. The van der Waals surface area contributed by atoms with Gasteiger partial charge in [0.25, 0.3) is 0 Å². The van der Waals surface area contributed by atoms with Crippen LogP contribution in [0.1, 0.15) is 23.5 Å². The van der Waals surface area contributed by atoms with E-state index in [0.717, 1.165) is 15.6 Å². The lowest BCUT2D eigenvalue weighted by atomic mass is 9.87. The zero-order chi connectivity index (χ0) is 18.5. The predicted octanol–water partition coefficient (Wildman–Crippen LogP) is 5.44. The lowest BCUT2D eigenvalue weighted by Gasteiger charge is -2.25. The quantitative estimate of drug-likeness (QED) is 0.623. The molecule has 1 atom stereocenters. The van der Waals surface area contributed by atoms with Crippen molar-refractivity contribution in [2.45, 2.75) is 23.0 Å². The molecule has 0 saturated carbocycles. The molecule has 0 bridgehead atoms. The molecule has 2 aromatic carbocycles. The van der Waals surface area contributed by atoms with Crippen molar-refractivity contribution in [3.8, 4) is 6.07 Å². The van der Waals surface area contributed by atoms with Crippen LogP contribution in [0.5, 0.6) is 0 Å². The van der Waals surface area contributed by atoms with Crippen LogP contribution in [0.15, 0.2) is 68.5 Å². The molecule has 6 heteroatoms. The number of carbonyl (C=O) groups excluding carboxylic acids is 1. The van der Waals surface area contributed by atoms with Gasteiger partial charge in [-0.05, 0) is 41.6 Å². The average Bonchev–Trinajstić information content (AvgIpc) is 2.67. The maximum atomic E-state index is 12.2. The molecule has 3 rings (SSSR count). The van der Waals surface area contributed by atoms with E-state index in [1.54, 1.807) is 11.8 Å². The second kappa shape index (κ2) is 8.81. The minimum atomic E-state index is -0.183. The third kappa shape index (κ3) is 4.53. The number of carbonyl (C=O) groups is 1. The lowest BCUT2D eigenvalue weighted by molar-refractivity contribution is -0.120. The zero-order valence-electron chi connectivity index (χ0n) is 14.2. The average molecular weight is 445 g/mol. The molecule has 2 aromatic rings. The summed E-state index contributed by atoms with van der Waals surface area (Å²) in [5.74, 6) is 0.477. The van der Waals surface area contributed by atoms with Gasteiger partial charge in [-0.2, -0.15) is 5.26 Å². The number of nitriles is 1. The number of hydrogen-bond donors (Lipinski definition) is 1. The van der Waals surface area contributed by atoms with Gasteiger partial charge in [0, 0.05) is 27.5 Å². The van der Waals surface area contributed by atoms with Gasteiger partial charge in [-0.3, -0.25) is 4.79 Å². The smallest absolute Gasteiger partial charge is 0.225 e. The monoisotopic (exact) mass is 444 g/mol. The number of benzene rings is 2. The van der Waals surface area contributed by atoms with E-state index in [0.29, 0.717) is 22.8 Å². The first-order valence-corrected chi connectivity index (χ1v) is 11.1. The highest BCUT2D eigenvalue weighted by molar-refractivity contribution is 9.10. The van der Waals surface area contributed by atoms with Crippen molar-refractivity contribution in [2.75, 3.05) is 6.26 Å². The molecular weight excluding hydrogens is 428 g/mol. The summed E-state index contributed by atoms with van der Waals surface area (Å²) in [6, 6.07) is 18.5. The second-order valence-electron chi connectivity index (χ2n) is 5.85.